The van der Waals surface area contributed by atoms with Crippen molar-refractivity contribution in [2.45, 2.75) is 57.3 Å². The van der Waals surface area contributed by atoms with Gasteiger partial charge in [0.05, 0.1) is 12.6 Å². The topological polar surface area (TPSA) is 132 Å². The number of nitrogens with one attached hydrogen (secondary N) is 2. The first-order valence-electron chi connectivity index (χ1n) is 11.9. The summed E-state index contributed by atoms with van der Waals surface area (Å²) in [7, 11) is -3.33. The molecule has 2 heterocycles. The summed E-state index contributed by atoms with van der Waals surface area (Å²) >= 11 is 0. The fourth-order valence-corrected chi connectivity index (χ4v) is 5.38. The Morgan fingerprint density at radius 2 is 1.86 bits per heavy atom. The number of anilines is 2. The normalized spacial score (nSPS) is 18.5. The summed E-state index contributed by atoms with van der Waals surface area (Å²) in [5.41, 5.74) is 9.03. The average Bonchev–Trinajstić information content (AvgIpc) is 2.83. The number of nitrogens with two attached hydrogens (primary N) is 1. The zero-order valence-electron chi connectivity index (χ0n) is 20.5. The molecule has 37 heavy (non-hydrogen) atoms. The molecule has 3 aromatic rings. The number of rotatable bonds is 8. The van der Waals surface area contributed by atoms with Crippen LogP contribution in [-0.4, -0.2) is 54.5 Å². The van der Waals surface area contributed by atoms with Crippen molar-refractivity contribution in [3.05, 3.63) is 36.0 Å². The number of nitrogens with zero attached hydrogens (tertiary/aromatic N) is 3. The lowest BCUT2D eigenvalue weighted by Gasteiger charge is -2.26. The highest BCUT2D eigenvalue weighted by molar-refractivity contribution is 7.92. The van der Waals surface area contributed by atoms with E-state index in [9.17, 15) is 21.6 Å². The first-order valence-corrected chi connectivity index (χ1v) is 13.6. The molecule has 4 N–H and O–H groups in total. The van der Waals surface area contributed by atoms with E-state index in [2.05, 4.69) is 15.3 Å². The summed E-state index contributed by atoms with van der Waals surface area (Å²) in [6, 6.07) is 7.17. The molecule has 0 amide bonds. The molecule has 1 saturated carbocycles. The monoisotopic (exact) mass is 538 g/mol. The minimum absolute atomic E-state index is 0.0586. The maximum absolute atomic E-state index is 12.6. The van der Waals surface area contributed by atoms with Crippen molar-refractivity contribution < 1.29 is 26.3 Å². The van der Waals surface area contributed by atoms with Crippen LogP contribution in [0.5, 0.6) is 5.88 Å². The summed E-state index contributed by atoms with van der Waals surface area (Å²) in [6.07, 6.45) is 1.42. The van der Waals surface area contributed by atoms with Gasteiger partial charge in [-0.2, -0.15) is 18.2 Å². The molecule has 1 aromatic carbocycles. The number of alkyl halides is 3. The highest BCUT2D eigenvalue weighted by Gasteiger charge is 2.35. The van der Waals surface area contributed by atoms with Crippen LogP contribution in [0.4, 0.5) is 24.9 Å². The van der Waals surface area contributed by atoms with Gasteiger partial charge in [-0.15, -0.1) is 0 Å². The molecule has 4 rings (SSSR count). The first-order chi connectivity index (χ1) is 17.5. The van der Waals surface area contributed by atoms with Gasteiger partial charge in [0, 0.05) is 29.2 Å². The number of hydrogen-bond donors (Lipinski definition) is 3. The number of pyridine rings is 1. The molecule has 9 nitrogen and oxygen atoms in total. The van der Waals surface area contributed by atoms with Gasteiger partial charge < -0.3 is 15.8 Å². The van der Waals surface area contributed by atoms with Crippen LogP contribution in [0.2, 0.25) is 0 Å². The standard InChI is InChI=1S/C24H29F3N6O3S/c1-3-14-10-15(11-16-12-29-23(32-21(14)16)30-18-6-4-17(28)5-7-18)19-8-9-20(31-22(19)36-2)33-37(34,35)13-24(25,26)27/h8-12,17-18H,3-7,13,28H2,1-2H3,(H,31,33)(H,29,30,32). The van der Waals surface area contributed by atoms with Crippen molar-refractivity contribution in [3.63, 3.8) is 0 Å². The Kier molecular flexibility index (Phi) is 7.74. The molecule has 0 radical (unpaired) electrons. The maximum atomic E-state index is 12.6. The van der Waals surface area contributed by atoms with Crippen LogP contribution in [0.3, 0.4) is 0 Å². The van der Waals surface area contributed by atoms with Crippen LogP contribution in [-0.2, 0) is 16.4 Å². The van der Waals surface area contributed by atoms with E-state index in [1.54, 1.807) is 12.3 Å². The van der Waals surface area contributed by atoms with Crippen molar-refractivity contribution >= 4 is 32.7 Å². The Balaban J connectivity index is 1.62. The average molecular weight is 539 g/mol. The fourth-order valence-electron chi connectivity index (χ4n) is 4.44. The summed E-state index contributed by atoms with van der Waals surface area (Å²) in [4.78, 5) is 13.3. The molecule has 1 aliphatic carbocycles. The quantitative estimate of drug-likeness (QED) is 0.388. The van der Waals surface area contributed by atoms with Crippen molar-refractivity contribution in [3.8, 4) is 17.0 Å². The summed E-state index contributed by atoms with van der Waals surface area (Å²) in [6.45, 7) is 2.00. The summed E-state index contributed by atoms with van der Waals surface area (Å²) < 4.78 is 68.5. The minimum atomic E-state index is -4.88. The van der Waals surface area contributed by atoms with Crippen molar-refractivity contribution in [1.82, 2.24) is 15.0 Å². The molecular weight excluding hydrogens is 509 g/mol. The number of halogens is 3. The zero-order chi connectivity index (χ0) is 26.8. The highest BCUT2D eigenvalue weighted by atomic mass is 32.2. The van der Waals surface area contributed by atoms with Crippen LogP contribution in [0.15, 0.2) is 30.5 Å². The maximum Gasteiger partial charge on any atom is 0.404 e. The molecule has 1 fully saturated rings. The van der Waals surface area contributed by atoms with E-state index in [1.165, 1.54) is 13.2 Å². The van der Waals surface area contributed by atoms with Gasteiger partial charge in [0.15, 0.2) is 5.75 Å². The molecule has 0 bridgehead atoms. The number of aromatic nitrogens is 3. The summed E-state index contributed by atoms with van der Waals surface area (Å²) in [5, 5.41) is 4.21. The lowest BCUT2D eigenvalue weighted by Crippen LogP contribution is -2.33. The van der Waals surface area contributed by atoms with Gasteiger partial charge in [-0.25, -0.2) is 18.4 Å². The van der Waals surface area contributed by atoms with Gasteiger partial charge >= 0.3 is 6.18 Å². The van der Waals surface area contributed by atoms with Crippen LogP contribution in [0, 0.1) is 0 Å². The number of hydrogen-bond acceptors (Lipinski definition) is 8. The third kappa shape index (κ3) is 6.77. The van der Waals surface area contributed by atoms with Crippen LogP contribution in [0.25, 0.3) is 22.0 Å². The van der Waals surface area contributed by atoms with Gasteiger partial charge in [0.1, 0.15) is 5.82 Å². The SMILES string of the molecule is CCc1cc(-c2ccc(NS(=O)(=O)CC(F)(F)F)nc2OC)cc2cnc(NC3CCC(N)CC3)nc12. The van der Waals surface area contributed by atoms with E-state index in [0.29, 0.717) is 17.9 Å². The van der Waals surface area contributed by atoms with E-state index >= 15 is 0 Å². The van der Waals surface area contributed by atoms with Crippen molar-refractivity contribution in [2.75, 3.05) is 22.9 Å². The molecule has 0 aliphatic heterocycles. The zero-order valence-corrected chi connectivity index (χ0v) is 21.3. The number of sulfonamides is 1. The van der Waals surface area contributed by atoms with E-state index in [-0.39, 0.29) is 23.8 Å². The van der Waals surface area contributed by atoms with E-state index in [1.807, 2.05) is 23.8 Å². The van der Waals surface area contributed by atoms with Gasteiger partial charge in [0.2, 0.25) is 21.9 Å². The molecular formula is C24H29F3N6O3S. The second kappa shape index (κ2) is 10.7. The Hall–Kier alpha value is -3.19. The molecule has 0 unspecified atom stereocenters. The van der Waals surface area contributed by atoms with Gasteiger partial charge in [0.25, 0.3) is 0 Å². The number of aryl methyl sites for hydroxylation is 1. The molecule has 2 aromatic heterocycles. The second-order valence-electron chi connectivity index (χ2n) is 9.11. The summed E-state index contributed by atoms with van der Waals surface area (Å²) in [5.74, 6) is -1.67. The Bertz CT molecular complexity index is 1380. The molecule has 0 atom stereocenters. The van der Waals surface area contributed by atoms with Crippen LogP contribution < -0.4 is 20.5 Å². The lowest BCUT2D eigenvalue weighted by atomic mass is 9.92. The van der Waals surface area contributed by atoms with Crippen molar-refractivity contribution in [2.24, 2.45) is 5.73 Å². The van der Waals surface area contributed by atoms with E-state index < -0.39 is 22.0 Å². The third-order valence-electron chi connectivity index (χ3n) is 6.23. The number of ether oxygens (including phenoxy) is 1. The molecule has 0 spiro atoms. The molecule has 1 aliphatic rings. The van der Waals surface area contributed by atoms with Crippen LogP contribution >= 0.6 is 0 Å². The Morgan fingerprint density at radius 3 is 2.51 bits per heavy atom. The second-order valence-corrected chi connectivity index (χ2v) is 10.8. The molecule has 200 valence electrons. The first kappa shape index (κ1) is 26.9. The van der Waals surface area contributed by atoms with Gasteiger partial charge in [-0.05, 0) is 67.5 Å². The lowest BCUT2D eigenvalue weighted by molar-refractivity contribution is -0.106. The van der Waals surface area contributed by atoms with Crippen LogP contribution in [0.1, 0.15) is 38.2 Å². The molecule has 0 saturated heterocycles. The van der Waals surface area contributed by atoms with Gasteiger partial charge in [-0.3, -0.25) is 4.72 Å². The van der Waals surface area contributed by atoms with Crippen molar-refractivity contribution in [1.29, 1.82) is 0 Å². The van der Waals surface area contributed by atoms with E-state index in [4.69, 9.17) is 15.5 Å². The number of benzene rings is 1. The number of fused-ring (bicyclic) bond motifs is 1. The minimum Gasteiger partial charge on any atom is -0.480 e. The number of methoxy groups -OCH3 is 1. The Labute approximate surface area is 213 Å². The predicted octanol–water partition coefficient (Wildman–Crippen LogP) is 4.25. The molecule has 13 heteroatoms. The third-order valence-corrected chi connectivity index (χ3v) is 7.45. The largest absolute Gasteiger partial charge is 0.480 e. The van der Waals surface area contributed by atoms with Gasteiger partial charge in [-0.1, -0.05) is 6.92 Å². The fraction of sp³-hybridized carbons (Fsp3) is 0.458. The predicted molar refractivity (Wildman–Crippen MR) is 136 cm³/mol. The highest BCUT2D eigenvalue weighted by Crippen LogP contribution is 2.34. The Morgan fingerprint density at radius 1 is 1.14 bits per heavy atom. The smallest absolute Gasteiger partial charge is 0.404 e. The van der Waals surface area contributed by atoms with E-state index in [0.717, 1.165) is 47.7 Å².